The Balaban J connectivity index is 2.68. The largest absolute Gasteiger partial charge is 0.351 e. The van der Waals surface area contributed by atoms with E-state index in [4.69, 9.17) is 5.84 Å². The lowest BCUT2D eigenvalue weighted by molar-refractivity contribution is 0.0956. The zero-order valence-electron chi connectivity index (χ0n) is 11.2. The molecule has 4 N–H and O–H groups in total. The predicted octanol–water partition coefficient (Wildman–Crippen LogP) is 0.428. The Kier molecular flexibility index (Phi) is 6.44. The van der Waals surface area contributed by atoms with Gasteiger partial charge in [0.15, 0.2) is 0 Å². The molecule has 0 fully saturated rings. The molecule has 0 saturated carbocycles. The normalized spacial score (nSPS) is 11.9. The molecular formula is C12H20N4O2S. The first-order valence-corrected chi connectivity index (χ1v) is 7.70. The quantitative estimate of drug-likeness (QED) is 0.498. The van der Waals surface area contributed by atoms with Crippen molar-refractivity contribution >= 4 is 22.5 Å². The number of nitrogen functional groups attached to an aromatic ring is 1. The van der Waals surface area contributed by atoms with Crippen LogP contribution in [0, 0.1) is 0 Å². The summed E-state index contributed by atoms with van der Waals surface area (Å²) in [6.07, 6.45) is 0.718. The van der Waals surface area contributed by atoms with Gasteiger partial charge >= 0.3 is 0 Å². The molecule has 19 heavy (non-hydrogen) atoms. The highest BCUT2D eigenvalue weighted by Crippen LogP contribution is 2.10. The van der Waals surface area contributed by atoms with Gasteiger partial charge in [0.1, 0.15) is 5.82 Å². The highest BCUT2D eigenvalue weighted by molar-refractivity contribution is 7.84. The molecule has 0 radical (unpaired) electrons. The van der Waals surface area contributed by atoms with Crippen LogP contribution >= 0.6 is 0 Å². The first-order chi connectivity index (χ1) is 9.10. The van der Waals surface area contributed by atoms with Crippen LogP contribution in [0.5, 0.6) is 0 Å². The Morgan fingerprint density at radius 2 is 2.16 bits per heavy atom. The van der Waals surface area contributed by atoms with Crippen LogP contribution in [0.2, 0.25) is 0 Å². The van der Waals surface area contributed by atoms with E-state index in [1.54, 1.807) is 12.1 Å². The van der Waals surface area contributed by atoms with Crippen LogP contribution < -0.4 is 16.6 Å². The zero-order chi connectivity index (χ0) is 14.3. The molecule has 0 aliphatic carbocycles. The summed E-state index contributed by atoms with van der Waals surface area (Å²) in [7, 11) is -0.871. The number of aromatic nitrogens is 1. The van der Waals surface area contributed by atoms with Gasteiger partial charge in [0.2, 0.25) is 0 Å². The van der Waals surface area contributed by atoms with Crippen LogP contribution in [0.4, 0.5) is 5.82 Å². The molecule has 0 saturated heterocycles. The second-order valence-corrected chi connectivity index (χ2v) is 5.78. The number of rotatable bonds is 7. The van der Waals surface area contributed by atoms with Crippen LogP contribution in [0.3, 0.4) is 0 Å². The Labute approximate surface area is 115 Å². The molecule has 0 spiro atoms. The van der Waals surface area contributed by atoms with Crippen molar-refractivity contribution < 1.29 is 9.00 Å². The molecule has 1 heterocycles. The number of carbonyl (C=O) groups excluding carboxylic acids is 1. The Hall–Kier alpha value is -1.47. The van der Waals surface area contributed by atoms with E-state index >= 15 is 0 Å². The number of hydrazine groups is 1. The van der Waals surface area contributed by atoms with Gasteiger partial charge in [-0.1, -0.05) is 13.8 Å². The third kappa shape index (κ3) is 4.96. The van der Waals surface area contributed by atoms with E-state index in [-0.39, 0.29) is 5.91 Å². The summed E-state index contributed by atoms with van der Waals surface area (Å²) in [6, 6.07) is 3.32. The molecule has 1 aromatic rings. The average Bonchev–Trinajstić information content (AvgIpc) is 2.46. The predicted molar refractivity (Wildman–Crippen MR) is 77.3 cm³/mol. The smallest absolute Gasteiger partial charge is 0.251 e. The molecule has 1 unspecified atom stereocenters. The number of hydrogen-bond donors (Lipinski definition) is 3. The standard InChI is InChI=1S/C12H20N4O2S/c1-3-10-7-9(8-11(15-10)16-13)12(17)14-5-6-19(18)4-2/h7-8H,3-6,13H2,1-2H3,(H,14,17)(H,15,16). The lowest BCUT2D eigenvalue weighted by Gasteiger charge is -2.08. The Morgan fingerprint density at radius 1 is 1.42 bits per heavy atom. The molecule has 0 bridgehead atoms. The molecule has 0 aliphatic rings. The molecule has 106 valence electrons. The summed E-state index contributed by atoms with van der Waals surface area (Å²) in [5.41, 5.74) is 3.73. The number of carbonyl (C=O) groups is 1. The van der Waals surface area contributed by atoms with E-state index in [1.807, 2.05) is 13.8 Å². The van der Waals surface area contributed by atoms with Gasteiger partial charge in [0.05, 0.1) is 0 Å². The minimum absolute atomic E-state index is 0.207. The second-order valence-electron chi connectivity index (χ2n) is 3.92. The topological polar surface area (TPSA) is 97.1 Å². The fourth-order valence-corrected chi connectivity index (χ4v) is 2.12. The van der Waals surface area contributed by atoms with Crippen molar-refractivity contribution in [3.8, 4) is 0 Å². The summed E-state index contributed by atoms with van der Waals surface area (Å²) >= 11 is 0. The number of nitrogens with zero attached hydrogens (tertiary/aromatic N) is 1. The number of nitrogens with two attached hydrogens (primary N) is 1. The van der Waals surface area contributed by atoms with Crippen LogP contribution in [0.1, 0.15) is 29.9 Å². The maximum absolute atomic E-state index is 11.9. The van der Waals surface area contributed by atoms with Crippen molar-refractivity contribution in [1.29, 1.82) is 0 Å². The summed E-state index contributed by atoms with van der Waals surface area (Å²) in [5.74, 6) is 6.64. The third-order valence-corrected chi connectivity index (χ3v) is 3.89. The molecule has 7 heteroatoms. The van der Waals surface area contributed by atoms with Gasteiger partial charge in [-0.05, 0) is 18.6 Å². The first kappa shape index (κ1) is 15.6. The molecule has 1 rings (SSSR count). The van der Waals surface area contributed by atoms with E-state index in [1.165, 1.54) is 0 Å². The Morgan fingerprint density at radius 3 is 2.74 bits per heavy atom. The minimum Gasteiger partial charge on any atom is -0.351 e. The fraction of sp³-hybridized carbons (Fsp3) is 0.500. The van der Waals surface area contributed by atoms with Crippen molar-refractivity contribution in [2.75, 3.05) is 23.5 Å². The zero-order valence-corrected chi connectivity index (χ0v) is 12.0. The van der Waals surface area contributed by atoms with Gasteiger partial charge in [0, 0.05) is 40.1 Å². The van der Waals surface area contributed by atoms with E-state index in [9.17, 15) is 9.00 Å². The van der Waals surface area contributed by atoms with Crippen molar-refractivity contribution in [2.24, 2.45) is 5.84 Å². The first-order valence-electron chi connectivity index (χ1n) is 6.21. The highest BCUT2D eigenvalue weighted by atomic mass is 32.2. The number of amides is 1. The van der Waals surface area contributed by atoms with Crippen molar-refractivity contribution in [3.63, 3.8) is 0 Å². The van der Waals surface area contributed by atoms with Gasteiger partial charge < -0.3 is 10.7 Å². The average molecular weight is 284 g/mol. The van der Waals surface area contributed by atoms with E-state index in [0.717, 1.165) is 12.1 Å². The molecule has 1 atom stereocenters. The maximum atomic E-state index is 11.9. The fourth-order valence-electron chi connectivity index (χ4n) is 1.50. The van der Waals surface area contributed by atoms with Gasteiger partial charge in [-0.25, -0.2) is 10.8 Å². The minimum atomic E-state index is -0.871. The summed E-state index contributed by atoms with van der Waals surface area (Å²) < 4.78 is 11.3. The monoisotopic (exact) mass is 284 g/mol. The van der Waals surface area contributed by atoms with Crippen LogP contribution in [-0.2, 0) is 17.2 Å². The van der Waals surface area contributed by atoms with E-state index < -0.39 is 10.8 Å². The van der Waals surface area contributed by atoms with Crippen LogP contribution in [-0.4, -0.2) is 33.2 Å². The molecule has 0 aromatic carbocycles. The van der Waals surface area contributed by atoms with Crippen molar-refractivity contribution in [1.82, 2.24) is 10.3 Å². The van der Waals surface area contributed by atoms with Crippen LogP contribution in [0.15, 0.2) is 12.1 Å². The molecular weight excluding hydrogens is 264 g/mol. The SMILES string of the molecule is CCc1cc(C(=O)NCCS(=O)CC)cc(NN)n1. The van der Waals surface area contributed by atoms with Crippen molar-refractivity contribution in [2.45, 2.75) is 20.3 Å². The highest BCUT2D eigenvalue weighted by Gasteiger charge is 2.09. The summed E-state index contributed by atoms with van der Waals surface area (Å²) in [5, 5.41) is 2.74. The lowest BCUT2D eigenvalue weighted by atomic mass is 10.2. The van der Waals surface area contributed by atoms with Crippen molar-refractivity contribution in [3.05, 3.63) is 23.4 Å². The van der Waals surface area contributed by atoms with Gasteiger partial charge in [0.25, 0.3) is 5.91 Å². The van der Waals surface area contributed by atoms with Crippen LogP contribution in [0.25, 0.3) is 0 Å². The molecule has 1 aromatic heterocycles. The maximum Gasteiger partial charge on any atom is 0.251 e. The summed E-state index contributed by atoms with van der Waals surface area (Å²) in [6.45, 7) is 4.21. The van der Waals surface area contributed by atoms with E-state index in [2.05, 4.69) is 15.7 Å². The number of anilines is 1. The molecule has 1 amide bonds. The van der Waals surface area contributed by atoms with E-state index in [0.29, 0.717) is 29.4 Å². The van der Waals surface area contributed by atoms with Gasteiger partial charge in [-0.2, -0.15) is 0 Å². The third-order valence-electron chi connectivity index (χ3n) is 2.59. The summed E-state index contributed by atoms with van der Waals surface area (Å²) in [4.78, 5) is 16.2. The number of pyridine rings is 1. The molecule has 6 nitrogen and oxygen atoms in total. The lowest BCUT2D eigenvalue weighted by Crippen LogP contribution is -2.28. The Bertz CT molecular complexity index is 443. The number of aryl methyl sites for hydroxylation is 1. The molecule has 0 aliphatic heterocycles. The number of hydrogen-bond acceptors (Lipinski definition) is 5. The number of nitrogens with one attached hydrogen (secondary N) is 2. The van der Waals surface area contributed by atoms with Gasteiger partial charge in [-0.3, -0.25) is 9.00 Å². The second kappa shape index (κ2) is 7.85. The van der Waals surface area contributed by atoms with Gasteiger partial charge in [-0.15, -0.1) is 0 Å².